The van der Waals surface area contributed by atoms with Gasteiger partial charge in [-0.25, -0.2) is 4.98 Å². The molecular weight excluding hydrogens is 348 g/mol. The van der Waals surface area contributed by atoms with Gasteiger partial charge in [0.05, 0.1) is 17.9 Å². The predicted octanol–water partition coefficient (Wildman–Crippen LogP) is 2.44. The molecule has 1 aromatic heterocycles. The van der Waals surface area contributed by atoms with Crippen LogP contribution in [0.1, 0.15) is 16.1 Å². The highest BCUT2D eigenvalue weighted by atomic mass is 16.5. The Bertz CT molecular complexity index is 997. The fourth-order valence-electron chi connectivity index (χ4n) is 2.90. The number of ether oxygens (including phenoxy) is 1. The van der Waals surface area contributed by atoms with Gasteiger partial charge >= 0.3 is 0 Å². The Labute approximate surface area is 154 Å². The number of rotatable bonds is 5. The molecule has 1 N–H and O–H groups in total. The van der Waals surface area contributed by atoms with Crippen molar-refractivity contribution < 1.29 is 23.8 Å². The van der Waals surface area contributed by atoms with Gasteiger partial charge in [0.15, 0.2) is 12.4 Å². The van der Waals surface area contributed by atoms with E-state index in [1.54, 1.807) is 18.2 Å². The van der Waals surface area contributed by atoms with E-state index >= 15 is 0 Å². The lowest BCUT2D eigenvalue weighted by Gasteiger charge is -2.29. The van der Waals surface area contributed by atoms with Crippen molar-refractivity contribution in [2.45, 2.75) is 6.54 Å². The van der Waals surface area contributed by atoms with E-state index in [1.807, 2.05) is 30.3 Å². The lowest BCUT2D eigenvalue weighted by molar-refractivity contribution is -0.121. The molecule has 4 rings (SSSR count). The maximum absolute atomic E-state index is 12.4. The maximum atomic E-state index is 12.4. The number of aliphatic hydroxyl groups excluding tert-OH is 1. The van der Waals surface area contributed by atoms with E-state index in [2.05, 4.69) is 4.98 Å². The molecule has 136 valence electrons. The third-order valence-corrected chi connectivity index (χ3v) is 4.26. The first kappa shape index (κ1) is 17.0. The number of carbonyl (C=O) groups is 2. The molecule has 2 heterocycles. The molecule has 2 aromatic carbocycles. The number of ketones is 1. The van der Waals surface area contributed by atoms with Gasteiger partial charge < -0.3 is 14.3 Å². The number of oxazole rings is 1. The molecule has 1 amide bonds. The van der Waals surface area contributed by atoms with Gasteiger partial charge in [-0.2, -0.15) is 0 Å². The monoisotopic (exact) mass is 364 g/mol. The molecule has 0 radical (unpaired) electrons. The fourth-order valence-corrected chi connectivity index (χ4v) is 2.90. The Balaban J connectivity index is 1.64. The van der Waals surface area contributed by atoms with Crippen molar-refractivity contribution in [3.05, 3.63) is 66.1 Å². The van der Waals surface area contributed by atoms with Crippen LogP contribution < -0.4 is 9.64 Å². The van der Waals surface area contributed by atoms with E-state index in [-0.39, 0.29) is 19.1 Å². The number of aliphatic hydroxyl groups is 1. The van der Waals surface area contributed by atoms with E-state index in [0.29, 0.717) is 28.6 Å². The Morgan fingerprint density at radius 3 is 2.78 bits per heavy atom. The lowest BCUT2D eigenvalue weighted by atomic mass is 10.1. The maximum Gasteiger partial charge on any atom is 0.265 e. The summed E-state index contributed by atoms with van der Waals surface area (Å²) in [4.78, 5) is 30.1. The summed E-state index contributed by atoms with van der Waals surface area (Å²) in [5.74, 6) is 0.288. The zero-order valence-corrected chi connectivity index (χ0v) is 14.3. The van der Waals surface area contributed by atoms with Crippen LogP contribution in [0.4, 0.5) is 5.69 Å². The summed E-state index contributed by atoms with van der Waals surface area (Å²) in [6.07, 6.45) is 1.51. The van der Waals surface area contributed by atoms with E-state index in [1.165, 1.54) is 11.2 Å². The van der Waals surface area contributed by atoms with E-state index in [9.17, 15) is 9.59 Å². The largest absolute Gasteiger partial charge is 0.482 e. The topological polar surface area (TPSA) is 92.9 Å². The summed E-state index contributed by atoms with van der Waals surface area (Å²) in [6, 6.07) is 14.2. The first-order valence-corrected chi connectivity index (χ1v) is 8.37. The summed E-state index contributed by atoms with van der Waals surface area (Å²) in [6.45, 7) is -0.511. The molecule has 3 aromatic rings. The van der Waals surface area contributed by atoms with Crippen molar-refractivity contribution >= 4 is 17.4 Å². The highest BCUT2D eigenvalue weighted by Gasteiger charge is 2.27. The van der Waals surface area contributed by atoms with Crippen molar-refractivity contribution in [1.29, 1.82) is 0 Å². The number of aromatic nitrogens is 1. The van der Waals surface area contributed by atoms with Crippen molar-refractivity contribution in [2.24, 2.45) is 0 Å². The second kappa shape index (κ2) is 7.05. The quantitative estimate of drug-likeness (QED) is 0.699. The number of benzene rings is 2. The van der Waals surface area contributed by atoms with Crippen molar-refractivity contribution in [1.82, 2.24) is 4.98 Å². The van der Waals surface area contributed by atoms with Crippen LogP contribution in [-0.2, 0) is 11.3 Å². The van der Waals surface area contributed by atoms with Crippen molar-refractivity contribution in [3.8, 4) is 17.2 Å². The van der Waals surface area contributed by atoms with Gasteiger partial charge in [-0.1, -0.05) is 18.2 Å². The average Bonchev–Trinajstić information content (AvgIpc) is 3.18. The van der Waals surface area contributed by atoms with Crippen LogP contribution in [0.2, 0.25) is 0 Å². The number of carbonyl (C=O) groups excluding carboxylic acids is 2. The first-order chi connectivity index (χ1) is 13.2. The lowest BCUT2D eigenvalue weighted by Crippen LogP contribution is -2.38. The molecule has 7 heteroatoms. The Kier molecular flexibility index (Phi) is 4.43. The van der Waals surface area contributed by atoms with Crippen LogP contribution in [0.15, 0.2) is 59.2 Å². The Morgan fingerprint density at radius 2 is 2.00 bits per heavy atom. The van der Waals surface area contributed by atoms with Crippen LogP contribution in [0.3, 0.4) is 0 Å². The molecule has 0 bridgehead atoms. The van der Waals surface area contributed by atoms with Gasteiger partial charge in [-0.3, -0.25) is 14.5 Å². The molecule has 0 saturated heterocycles. The zero-order chi connectivity index (χ0) is 18.8. The van der Waals surface area contributed by atoms with E-state index in [0.717, 1.165) is 5.56 Å². The Hall–Kier alpha value is -3.45. The normalized spacial score (nSPS) is 13.2. The minimum atomic E-state index is -0.600. The van der Waals surface area contributed by atoms with Gasteiger partial charge in [0, 0.05) is 11.1 Å². The van der Waals surface area contributed by atoms with Crippen LogP contribution in [-0.4, -0.2) is 35.0 Å². The molecular formula is C20H16N2O5. The number of Topliss-reactive ketones (excluding diaryl/α,β-unsaturated/α-hetero) is 1. The fraction of sp³-hybridized carbons (Fsp3) is 0.150. The highest BCUT2D eigenvalue weighted by Crippen LogP contribution is 2.34. The molecule has 0 unspecified atom stereocenters. The van der Waals surface area contributed by atoms with Gasteiger partial charge in [0.1, 0.15) is 18.6 Å². The van der Waals surface area contributed by atoms with Crippen LogP contribution in [0, 0.1) is 0 Å². The average molecular weight is 364 g/mol. The molecule has 1 aliphatic heterocycles. The van der Waals surface area contributed by atoms with E-state index in [4.69, 9.17) is 14.3 Å². The second-order valence-electron chi connectivity index (χ2n) is 6.04. The van der Waals surface area contributed by atoms with Crippen LogP contribution in [0.5, 0.6) is 5.75 Å². The molecule has 0 fully saturated rings. The molecule has 0 aliphatic carbocycles. The Morgan fingerprint density at radius 1 is 1.19 bits per heavy atom. The number of nitrogens with zero attached hydrogens (tertiary/aromatic N) is 2. The molecule has 0 spiro atoms. The number of hydrogen-bond donors (Lipinski definition) is 1. The van der Waals surface area contributed by atoms with Crippen LogP contribution >= 0.6 is 0 Å². The van der Waals surface area contributed by atoms with Crippen molar-refractivity contribution in [2.75, 3.05) is 18.1 Å². The SMILES string of the molecule is O=C(CO)c1ccc2c(c1)N(Cc1coc(-c3ccccc3)n1)C(=O)CO2. The summed E-state index contributed by atoms with van der Waals surface area (Å²) < 4.78 is 11.0. The minimum absolute atomic E-state index is 0.0936. The molecule has 27 heavy (non-hydrogen) atoms. The number of fused-ring (bicyclic) bond motifs is 1. The van der Waals surface area contributed by atoms with Gasteiger partial charge in [-0.15, -0.1) is 0 Å². The third-order valence-electron chi connectivity index (χ3n) is 4.26. The van der Waals surface area contributed by atoms with Crippen LogP contribution in [0.25, 0.3) is 11.5 Å². The summed E-state index contributed by atoms with van der Waals surface area (Å²) in [5.41, 5.74) is 2.20. The first-order valence-electron chi connectivity index (χ1n) is 8.37. The number of amides is 1. The molecule has 7 nitrogen and oxygen atoms in total. The highest BCUT2D eigenvalue weighted by molar-refractivity contribution is 6.02. The minimum Gasteiger partial charge on any atom is -0.482 e. The summed E-state index contributed by atoms with van der Waals surface area (Å²) in [5, 5.41) is 9.07. The van der Waals surface area contributed by atoms with Gasteiger partial charge in [0.25, 0.3) is 5.91 Å². The van der Waals surface area contributed by atoms with Gasteiger partial charge in [0.2, 0.25) is 5.89 Å². The van der Waals surface area contributed by atoms with E-state index < -0.39 is 12.4 Å². The predicted molar refractivity (Wildman–Crippen MR) is 96.5 cm³/mol. The molecule has 0 saturated carbocycles. The second-order valence-corrected chi connectivity index (χ2v) is 6.04. The third kappa shape index (κ3) is 3.32. The molecule has 1 aliphatic rings. The number of hydrogen-bond acceptors (Lipinski definition) is 6. The zero-order valence-electron chi connectivity index (χ0n) is 14.3. The van der Waals surface area contributed by atoms with Gasteiger partial charge in [-0.05, 0) is 30.3 Å². The summed E-state index contributed by atoms with van der Waals surface area (Å²) >= 11 is 0. The summed E-state index contributed by atoms with van der Waals surface area (Å²) in [7, 11) is 0. The smallest absolute Gasteiger partial charge is 0.265 e. The molecule has 0 atom stereocenters. The number of anilines is 1. The standard InChI is InChI=1S/C20H16N2O5/c23-10-17(24)14-6-7-18-16(8-14)22(19(25)12-26-18)9-15-11-27-20(21-15)13-4-2-1-3-5-13/h1-8,11,23H,9-10,12H2. The van der Waals surface area contributed by atoms with Crippen molar-refractivity contribution in [3.63, 3.8) is 0 Å².